The molecule has 2 aromatic rings. The summed E-state index contributed by atoms with van der Waals surface area (Å²) < 4.78 is 0. The maximum absolute atomic E-state index is 2.38. The minimum absolute atomic E-state index is 1.15. The van der Waals surface area contributed by atoms with Gasteiger partial charge in [-0.1, -0.05) is 65.3 Å². The molecule has 0 radical (unpaired) electrons. The first-order valence-electron chi connectivity index (χ1n) is 7.06. The molecule has 0 saturated heterocycles. The number of rotatable bonds is 3. The van der Waals surface area contributed by atoms with Crippen LogP contribution in [0, 0.1) is 0 Å². The smallest absolute Gasteiger partial charge is 0.0102 e. The highest BCUT2D eigenvalue weighted by Crippen LogP contribution is 2.29. The Morgan fingerprint density at radius 2 is 1.68 bits per heavy atom. The van der Waals surface area contributed by atoms with Crippen molar-refractivity contribution in [2.45, 2.75) is 33.1 Å². The van der Waals surface area contributed by atoms with Gasteiger partial charge in [0.25, 0.3) is 0 Å². The fraction of sp³-hybridized carbons (Fsp3) is 0.263. The lowest BCUT2D eigenvalue weighted by molar-refractivity contribution is 0.912. The lowest BCUT2D eigenvalue weighted by Gasteiger charge is -2.07. The molecule has 0 aliphatic heterocycles. The average Bonchev–Trinajstić information content (AvgIpc) is 2.75. The summed E-state index contributed by atoms with van der Waals surface area (Å²) in [6, 6.07) is 15.3. The quantitative estimate of drug-likeness (QED) is 0.678. The van der Waals surface area contributed by atoms with Gasteiger partial charge in [0.2, 0.25) is 0 Å². The number of hydrogen-bond donors (Lipinski definition) is 0. The van der Waals surface area contributed by atoms with Crippen molar-refractivity contribution >= 4 is 10.8 Å². The van der Waals surface area contributed by atoms with Gasteiger partial charge < -0.3 is 0 Å². The van der Waals surface area contributed by atoms with Crippen molar-refractivity contribution in [3.63, 3.8) is 0 Å². The first-order chi connectivity index (χ1) is 9.24. The molecule has 0 amide bonds. The van der Waals surface area contributed by atoms with E-state index in [1.807, 2.05) is 0 Å². The molecule has 0 spiro atoms. The third-order valence-electron chi connectivity index (χ3n) is 4.18. The second-order valence-corrected chi connectivity index (χ2v) is 5.58. The predicted molar refractivity (Wildman–Crippen MR) is 83.3 cm³/mol. The molecule has 0 bridgehead atoms. The summed E-state index contributed by atoms with van der Waals surface area (Å²) >= 11 is 0. The van der Waals surface area contributed by atoms with Crippen LogP contribution in [0.1, 0.15) is 32.3 Å². The lowest BCUT2D eigenvalue weighted by atomic mass is 9.98. The van der Waals surface area contributed by atoms with E-state index >= 15 is 0 Å². The Kier molecular flexibility index (Phi) is 3.25. The number of allylic oxidation sites excluding steroid dienone is 4. The zero-order chi connectivity index (χ0) is 13.2. The molecule has 0 unspecified atom stereocenters. The van der Waals surface area contributed by atoms with Gasteiger partial charge in [0.15, 0.2) is 0 Å². The number of hydrogen-bond acceptors (Lipinski definition) is 0. The van der Waals surface area contributed by atoms with E-state index in [1.165, 1.54) is 40.3 Å². The summed E-state index contributed by atoms with van der Waals surface area (Å²) in [5.41, 5.74) is 6.06. The Morgan fingerprint density at radius 1 is 0.895 bits per heavy atom. The summed E-state index contributed by atoms with van der Waals surface area (Å²) in [6.07, 6.45) is 5.88. The van der Waals surface area contributed by atoms with E-state index in [4.69, 9.17) is 0 Å². The monoisotopic (exact) mass is 248 g/mol. The molecule has 0 atom stereocenters. The van der Waals surface area contributed by atoms with Gasteiger partial charge in [-0.2, -0.15) is 0 Å². The van der Waals surface area contributed by atoms with Crippen LogP contribution in [-0.4, -0.2) is 0 Å². The predicted octanol–water partition coefficient (Wildman–Crippen LogP) is 5.44. The van der Waals surface area contributed by atoms with Crippen LogP contribution < -0.4 is 0 Å². The second kappa shape index (κ2) is 5.05. The van der Waals surface area contributed by atoms with E-state index in [2.05, 4.69) is 62.4 Å². The maximum atomic E-state index is 2.38. The molecule has 0 heteroatoms. The van der Waals surface area contributed by atoms with E-state index in [1.54, 1.807) is 5.57 Å². The highest BCUT2D eigenvalue weighted by molar-refractivity contribution is 5.85. The summed E-state index contributed by atoms with van der Waals surface area (Å²) in [4.78, 5) is 0. The van der Waals surface area contributed by atoms with Crippen LogP contribution in [0.5, 0.6) is 0 Å². The van der Waals surface area contributed by atoms with Crippen LogP contribution in [0.3, 0.4) is 0 Å². The fourth-order valence-corrected chi connectivity index (χ4v) is 2.93. The molecular formula is C19H20. The van der Waals surface area contributed by atoms with Gasteiger partial charge in [0.05, 0.1) is 0 Å². The topological polar surface area (TPSA) is 0 Å². The van der Waals surface area contributed by atoms with Crippen molar-refractivity contribution in [3.8, 4) is 0 Å². The van der Waals surface area contributed by atoms with Crippen LogP contribution in [-0.2, 0) is 6.42 Å². The molecule has 0 saturated carbocycles. The summed E-state index contributed by atoms with van der Waals surface area (Å²) in [5, 5.41) is 2.76. The Bertz CT molecular complexity index is 666. The Labute approximate surface area is 115 Å². The zero-order valence-corrected chi connectivity index (χ0v) is 11.7. The van der Waals surface area contributed by atoms with Crippen LogP contribution in [0.25, 0.3) is 10.8 Å². The molecule has 1 aliphatic rings. The first kappa shape index (κ1) is 12.2. The highest BCUT2D eigenvalue weighted by Gasteiger charge is 2.09. The van der Waals surface area contributed by atoms with E-state index < -0.39 is 0 Å². The molecule has 2 aromatic carbocycles. The van der Waals surface area contributed by atoms with Crippen LogP contribution in [0.4, 0.5) is 0 Å². The molecule has 3 rings (SSSR count). The van der Waals surface area contributed by atoms with E-state index in [9.17, 15) is 0 Å². The van der Waals surface area contributed by atoms with Crippen LogP contribution in [0.15, 0.2) is 65.3 Å². The SMILES string of the molecule is CC1=C(C)CC(CCc2cccc3ccccc23)=C1. The van der Waals surface area contributed by atoms with Gasteiger partial charge in [-0.25, -0.2) is 0 Å². The third kappa shape index (κ3) is 2.49. The Balaban J connectivity index is 1.78. The first-order valence-corrected chi connectivity index (χ1v) is 7.06. The normalized spacial score (nSPS) is 15.2. The molecule has 96 valence electrons. The van der Waals surface area contributed by atoms with Crippen molar-refractivity contribution in [2.24, 2.45) is 0 Å². The van der Waals surface area contributed by atoms with E-state index in [0.717, 1.165) is 6.42 Å². The van der Waals surface area contributed by atoms with Crippen molar-refractivity contribution in [1.29, 1.82) is 0 Å². The highest BCUT2D eigenvalue weighted by atomic mass is 14.1. The fourth-order valence-electron chi connectivity index (χ4n) is 2.93. The molecule has 19 heavy (non-hydrogen) atoms. The standard InChI is InChI=1S/C19H20/c1-14-12-16(13-15(14)2)10-11-18-8-5-7-17-6-3-4-9-19(17)18/h3-9,12H,10-11,13H2,1-2H3. The Hall–Kier alpha value is -1.82. The van der Waals surface area contributed by atoms with Gasteiger partial charge in [-0.3, -0.25) is 0 Å². The van der Waals surface area contributed by atoms with Gasteiger partial charge in [0, 0.05) is 0 Å². The minimum atomic E-state index is 1.15. The molecular weight excluding hydrogens is 228 g/mol. The van der Waals surface area contributed by atoms with E-state index in [-0.39, 0.29) is 0 Å². The number of benzene rings is 2. The van der Waals surface area contributed by atoms with Crippen molar-refractivity contribution in [3.05, 3.63) is 70.8 Å². The molecule has 1 aliphatic carbocycles. The largest absolute Gasteiger partial charge is 0.0663 e. The molecule has 0 aromatic heterocycles. The average molecular weight is 248 g/mol. The van der Waals surface area contributed by atoms with Gasteiger partial charge >= 0.3 is 0 Å². The van der Waals surface area contributed by atoms with Crippen LogP contribution in [0.2, 0.25) is 0 Å². The van der Waals surface area contributed by atoms with Crippen molar-refractivity contribution < 1.29 is 0 Å². The number of fused-ring (bicyclic) bond motifs is 1. The summed E-state index contributed by atoms with van der Waals surface area (Å²) in [5.74, 6) is 0. The summed E-state index contributed by atoms with van der Waals surface area (Å²) in [6.45, 7) is 4.47. The van der Waals surface area contributed by atoms with Gasteiger partial charge in [-0.05, 0) is 49.4 Å². The second-order valence-electron chi connectivity index (χ2n) is 5.58. The number of aryl methyl sites for hydroxylation is 1. The summed E-state index contributed by atoms with van der Waals surface area (Å²) in [7, 11) is 0. The molecule has 0 fully saturated rings. The molecule has 0 N–H and O–H groups in total. The zero-order valence-electron chi connectivity index (χ0n) is 11.7. The molecule has 0 heterocycles. The Morgan fingerprint density at radius 3 is 2.47 bits per heavy atom. The van der Waals surface area contributed by atoms with Crippen molar-refractivity contribution in [2.75, 3.05) is 0 Å². The minimum Gasteiger partial charge on any atom is -0.0663 e. The molecule has 0 nitrogen and oxygen atoms in total. The lowest BCUT2D eigenvalue weighted by Crippen LogP contribution is -1.90. The van der Waals surface area contributed by atoms with Gasteiger partial charge in [-0.15, -0.1) is 0 Å². The van der Waals surface area contributed by atoms with Gasteiger partial charge in [0.1, 0.15) is 0 Å². The van der Waals surface area contributed by atoms with Crippen molar-refractivity contribution in [1.82, 2.24) is 0 Å². The van der Waals surface area contributed by atoms with Crippen LogP contribution >= 0.6 is 0 Å². The maximum Gasteiger partial charge on any atom is -0.0102 e. The third-order valence-corrected chi connectivity index (χ3v) is 4.18. The van der Waals surface area contributed by atoms with E-state index in [0.29, 0.717) is 0 Å².